The molecule has 5 rings (SSSR count). The molecular weight excluding hydrogens is 570 g/mol. The Hall–Kier alpha value is -2.64. The number of hydrogen-bond acceptors (Lipinski definition) is 10. The van der Waals surface area contributed by atoms with Crippen LogP contribution in [0.25, 0.3) is 0 Å². The highest BCUT2D eigenvalue weighted by molar-refractivity contribution is 6.99. The van der Waals surface area contributed by atoms with Gasteiger partial charge in [-0.05, 0) is 36.2 Å². The van der Waals surface area contributed by atoms with E-state index in [1.807, 2.05) is 50.2 Å². The minimum atomic E-state index is -2.88. The van der Waals surface area contributed by atoms with E-state index in [9.17, 15) is 9.59 Å². The normalized spacial score (nSPS) is 28.9. The number of esters is 2. The molecule has 0 unspecified atom stereocenters. The van der Waals surface area contributed by atoms with Crippen molar-refractivity contribution >= 4 is 30.6 Å². The molecule has 0 N–H and O–H groups in total. The van der Waals surface area contributed by atoms with Crippen LogP contribution in [-0.2, 0) is 42.5 Å². The Labute approximate surface area is 254 Å². The number of nitrogens with zero attached hydrogens (tertiary/aromatic N) is 1. The third-order valence-corrected chi connectivity index (χ3v) is 13.3. The molecule has 234 valence electrons. The molecule has 10 nitrogen and oxygen atoms in total. The summed E-state index contributed by atoms with van der Waals surface area (Å²) in [4.78, 5) is 31.4. The predicted molar refractivity (Wildman–Crippen MR) is 160 cm³/mol. The third-order valence-electron chi connectivity index (χ3n) is 8.27. The monoisotopic (exact) mass is 613 g/mol. The van der Waals surface area contributed by atoms with Gasteiger partial charge in [-0.2, -0.15) is 0 Å². The van der Waals surface area contributed by atoms with E-state index in [2.05, 4.69) is 45.0 Å². The Balaban J connectivity index is 1.48. The second-order valence-corrected chi connectivity index (χ2v) is 16.9. The molecule has 6 atom stereocenters. The van der Waals surface area contributed by atoms with Gasteiger partial charge in [0.1, 0.15) is 24.4 Å². The van der Waals surface area contributed by atoms with Crippen LogP contribution in [-0.4, -0.2) is 88.1 Å². The molecule has 3 fully saturated rings. The fraction of sp³-hybridized carbons (Fsp3) is 0.562. The maximum absolute atomic E-state index is 13.0. The minimum absolute atomic E-state index is 0.0657. The summed E-state index contributed by atoms with van der Waals surface area (Å²) in [6.45, 7) is 12.5. The molecule has 43 heavy (non-hydrogen) atoms. The van der Waals surface area contributed by atoms with Gasteiger partial charge in [-0.25, -0.2) is 4.79 Å². The lowest BCUT2D eigenvalue weighted by atomic mass is 10.1. The second kappa shape index (κ2) is 12.4. The lowest BCUT2D eigenvalue weighted by Gasteiger charge is -2.43. The van der Waals surface area contributed by atoms with Crippen molar-refractivity contribution in [3.63, 3.8) is 0 Å². The summed E-state index contributed by atoms with van der Waals surface area (Å²) in [5.41, 5.74) is 0. The molecule has 3 saturated heterocycles. The van der Waals surface area contributed by atoms with Crippen molar-refractivity contribution in [2.75, 3.05) is 20.3 Å². The molecule has 0 spiro atoms. The second-order valence-electron chi connectivity index (χ2n) is 12.6. The fourth-order valence-electron chi connectivity index (χ4n) is 6.48. The van der Waals surface area contributed by atoms with E-state index < -0.39 is 62.7 Å². The van der Waals surface area contributed by atoms with Gasteiger partial charge in [-0.3, -0.25) is 9.63 Å². The molecule has 2 aromatic carbocycles. The molecule has 0 saturated carbocycles. The summed E-state index contributed by atoms with van der Waals surface area (Å²) >= 11 is 0. The first-order valence-electron chi connectivity index (χ1n) is 14.9. The van der Waals surface area contributed by atoms with Crippen LogP contribution in [0, 0.1) is 0 Å². The van der Waals surface area contributed by atoms with Crippen LogP contribution in [0.1, 0.15) is 48.0 Å². The Morgan fingerprint density at radius 2 is 1.53 bits per heavy atom. The Morgan fingerprint density at radius 1 is 0.953 bits per heavy atom. The first-order valence-corrected chi connectivity index (χ1v) is 16.8. The van der Waals surface area contributed by atoms with Crippen molar-refractivity contribution in [1.29, 1.82) is 0 Å². The van der Waals surface area contributed by atoms with E-state index in [4.69, 9.17) is 32.9 Å². The summed E-state index contributed by atoms with van der Waals surface area (Å²) in [5, 5.41) is 3.45. The van der Waals surface area contributed by atoms with Crippen LogP contribution >= 0.6 is 0 Å². The van der Waals surface area contributed by atoms with Gasteiger partial charge >= 0.3 is 11.9 Å². The summed E-state index contributed by atoms with van der Waals surface area (Å²) in [6.07, 6.45) is -3.45. The van der Waals surface area contributed by atoms with Crippen molar-refractivity contribution in [3.8, 4) is 0 Å². The lowest BCUT2D eigenvalue weighted by Crippen LogP contribution is -2.67. The van der Waals surface area contributed by atoms with Gasteiger partial charge in [0.25, 0.3) is 8.32 Å². The number of hydroxylamine groups is 2. The van der Waals surface area contributed by atoms with Crippen molar-refractivity contribution in [3.05, 3.63) is 60.7 Å². The molecule has 2 aromatic rings. The number of hydrogen-bond donors (Lipinski definition) is 0. The van der Waals surface area contributed by atoms with Crippen molar-refractivity contribution < 1.29 is 42.5 Å². The highest BCUT2D eigenvalue weighted by Gasteiger charge is 2.61. The van der Waals surface area contributed by atoms with Gasteiger partial charge in [0, 0.05) is 6.42 Å². The van der Waals surface area contributed by atoms with Crippen LogP contribution < -0.4 is 10.4 Å². The Kier molecular flexibility index (Phi) is 9.16. The molecule has 3 aliphatic heterocycles. The number of carbonyl (C=O) groups excluding carboxylic acids is 2. The molecule has 0 radical (unpaired) electrons. The van der Waals surface area contributed by atoms with Crippen LogP contribution in [0.4, 0.5) is 0 Å². The highest BCUT2D eigenvalue weighted by atomic mass is 28.4. The highest BCUT2D eigenvalue weighted by Crippen LogP contribution is 2.44. The summed E-state index contributed by atoms with van der Waals surface area (Å²) in [6, 6.07) is 19.9. The zero-order valence-electron chi connectivity index (χ0n) is 26.0. The molecular formula is C32H43NO9Si. The van der Waals surface area contributed by atoms with Gasteiger partial charge in [-0.15, -0.1) is 5.06 Å². The first kappa shape index (κ1) is 31.8. The molecule has 11 heteroatoms. The number of methoxy groups -OCH3 is 1. The average molecular weight is 614 g/mol. The SMILES string of the molecule is CCOC(=O)[C@@H]1C[C@H](C(=O)OC)ON1[C@@H]1O[C@H](CO[Si](c2ccccc2)(c2ccccc2)C(C)(C)C)[C@H]2OC(C)(C)O[C@H]21. The van der Waals surface area contributed by atoms with Crippen LogP contribution in [0.15, 0.2) is 60.7 Å². The lowest BCUT2D eigenvalue weighted by molar-refractivity contribution is -0.285. The number of rotatable bonds is 9. The van der Waals surface area contributed by atoms with Crippen molar-refractivity contribution in [1.82, 2.24) is 5.06 Å². The van der Waals surface area contributed by atoms with Crippen LogP contribution in [0.2, 0.25) is 5.04 Å². The van der Waals surface area contributed by atoms with E-state index in [1.54, 1.807) is 6.92 Å². The van der Waals surface area contributed by atoms with E-state index in [1.165, 1.54) is 12.2 Å². The Bertz CT molecular complexity index is 1230. The first-order chi connectivity index (χ1) is 20.4. The van der Waals surface area contributed by atoms with E-state index in [-0.39, 0.29) is 24.7 Å². The maximum atomic E-state index is 13.0. The van der Waals surface area contributed by atoms with Gasteiger partial charge in [0.15, 0.2) is 18.1 Å². The molecule has 3 aliphatic rings. The third kappa shape index (κ3) is 6.04. The predicted octanol–water partition coefficient (Wildman–Crippen LogP) is 2.92. The molecule has 0 amide bonds. The number of carbonyl (C=O) groups is 2. The van der Waals surface area contributed by atoms with Gasteiger partial charge in [0.2, 0.25) is 0 Å². The summed E-state index contributed by atoms with van der Waals surface area (Å²) < 4.78 is 36.7. The molecule has 0 aliphatic carbocycles. The van der Waals surface area contributed by atoms with Gasteiger partial charge in [0.05, 0.1) is 20.3 Å². The quantitative estimate of drug-likeness (QED) is 0.310. The smallest absolute Gasteiger partial charge is 0.337 e. The van der Waals surface area contributed by atoms with E-state index in [0.717, 1.165) is 10.4 Å². The van der Waals surface area contributed by atoms with Crippen LogP contribution in [0.5, 0.6) is 0 Å². The molecule has 3 heterocycles. The summed E-state index contributed by atoms with van der Waals surface area (Å²) in [5.74, 6) is -2.01. The molecule has 0 aromatic heterocycles. The van der Waals surface area contributed by atoms with Crippen LogP contribution in [0.3, 0.4) is 0 Å². The molecule has 0 bridgehead atoms. The van der Waals surface area contributed by atoms with Gasteiger partial charge < -0.3 is 28.1 Å². The van der Waals surface area contributed by atoms with Crippen molar-refractivity contribution in [2.24, 2.45) is 0 Å². The topological polar surface area (TPSA) is 102 Å². The van der Waals surface area contributed by atoms with E-state index >= 15 is 0 Å². The Morgan fingerprint density at radius 3 is 2.07 bits per heavy atom. The van der Waals surface area contributed by atoms with Crippen molar-refractivity contribution in [2.45, 2.75) is 95.5 Å². The standard InChI is InChI=1S/C32H43NO9Si/c1-8-37-29(34)23-19-24(30(35)36-7)42-33(23)28-27-26(40-32(5,6)41-27)25(39-28)20-38-43(31(2,3)4,21-15-11-9-12-16-21)22-17-13-10-14-18-22/h9-18,23-28H,8,19-20H2,1-7H3/t23-,24+,25+,26+,27+,28+/m0/s1. The minimum Gasteiger partial charge on any atom is -0.467 e. The zero-order valence-corrected chi connectivity index (χ0v) is 27.0. The zero-order chi connectivity index (χ0) is 31.0. The van der Waals surface area contributed by atoms with E-state index in [0.29, 0.717) is 0 Å². The number of fused-ring (bicyclic) bond motifs is 1. The number of ether oxygens (including phenoxy) is 5. The largest absolute Gasteiger partial charge is 0.467 e. The fourth-order valence-corrected chi connectivity index (χ4v) is 11.1. The summed E-state index contributed by atoms with van der Waals surface area (Å²) in [7, 11) is -1.60. The number of benzene rings is 2. The van der Waals surface area contributed by atoms with Gasteiger partial charge in [-0.1, -0.05) is 81.4 Å². The maximum Gasteiger partial charge on any atom is 0.337 e. The average Bonchev–Trinajstić information content (AvgIpc) is 3.65.